The Hall–Kier alpha value is 0.217. The highest BCUT2D eigenvalue weighted by Gasteiger charge is 1.86. The summed E-state index contributed by atoms with van der Waals surface area (Å²) in [5.41, 5.74) is 0. The van der Waals surface area contributed by atoms with E-state index in [0.717, 1.165) is 9.52 Å². The van der Waals surface area contributed by atoms with E-state index in [-0.39, 0.29) is 0 Å². The van der Waals surface area contributed by atoms with Crippen molar-refractivity contribution in [3.8, 4) is 0 Å². The molecular weight excluding hydrogens is 124 g/mol. The molecule has 0 bridgehead atoms. The average molecular weight is 143 g/mol. The predicted molar refractivity (Wildman–Crippen MR) is 46.6 cm³/mol. The minimum atomic E-state index is 0.810. The molecule has 0 saturated carbocycles. The lowest BCUT2D eigenvalue weighted by Crippen LogP contribution is -1.85. The van der Waals surface area contributed by atoms with Crippen LogP contribution in [0.25, 0.3) is 0 Å². The zero-order chi connectivity index (χ0) is 6.95. The second-order valence-corrected chi connectivity index (χ2v) is 4.52. The zero-order valence-electron chi connectivity index (χ0n) is 6.82. The maximum absolute atomic E-state index is 2.30. The van der Waals surface area contributed by atoms with Crippen molar-refractivity contribution < 1.29 is 0 Å². The summed E-state index contributed by atoms with van der Waals surface area (Å²) < 4.78 is 0. The lowest BCUT2D eigenvalue weighted by atomic mass is 10.2. The molecule has 0 rings (SSSR count). The van der Waals surface area contributed by atoms with Crippen molar-refractivity contribution in [3.63, 3.8) is 0 Å². The molecule has 0 N–H and O–H groups in total. The number of unbranched alkanes of at least 4 members (excludes halogenated alkanes) is 3. The Bertz CT molecular complexity index is 37.8. The predicted octanol–water partition coefficient (Wildman–Crippen LogP) is 2.86. The van der Waals surface area contributed by atoms with Crippen LogP contribution in [-0.4, -0.2) is 9.52 Å². The Morgan fingerprint density at radius 1 is 1.00 bits per heavy atom. The van der Waals surface area contributed by atoms with Gasteiger partial charge in [0.15, 0.2) is 0 Å². The Balaban J connectivity index is 2.60. The molecule has 0 aliphatic carbocycles. The van der Waals surface area contributed by atoms with E-state index in [1.54, 1.807) is 0 Å². The van der Waals surface area contributed by atoms with Crippen molar-refractivity contribution in [2.75, 3.05) is 0 Å². The first kappa shape index (κ1) is 9.22. The van der Waals surface area contributed by atoms with Crippen LogP contribution in [0.3, 0.4) is 0 Å². The highest BCUT2D eigenvalue weighted by Crippen LogP contribution is 2.02. The minimum Gasteiger partial charge on any atom is -0.0682 e. The summed E-state index contributed by atoms with van der Waals surface area (Å²) in [6.07, 6.45) is 5.80. The van der Waals surface area contributed by atoms with Crippen molar-refractivity contribution in [1.29, 1.82) is 0 Å². The fourth-order valence-electron chi connectivity index (χ4n) is 0.920. The topological polar surface area (TPSA) is 0 Å². The van der Waals surface area contributed by atoms with Gasteiger partial charge in [0.2, 0.25) is 0 Å². The van der Waals surface area contributed by atoms with Crippen LogP contribution >= 0.6 is 0 Å². The van der Waals surface area contributed by atoms with E-state index in [1.165, 1.54) is 37.8 Å². The van der Waals surface area contributed by atoms with E-state index < -0.39 is 0 Å². The fraction of sp³-hybridized carbons (Fsp3) is 1.00. The first-order chi connectivity index (χ1) is 4.41. The molecule has 1 heteroatoms. The van der Waals surface area contributed by atoms with Crippen LogP contribution in [0.15, 0.2) is 0 Å². The van der Waals surface area contributed by atoms with Crippen LogP contribution in [0.1, 0.15) is 39.5 Å². The van der Waals surface area contributed by atoms with Gasteiger partial charge in [-0.3, -0.25) is 0 Å². The second kappa shape index (κ2) is 8.22. The van der Waals surface area contributed by atoms with Gasteiger partial charge < -0.3 is 0 Å². The molecular formula is C8H19Si. The van der Waals surface area contributed by atoms with E-state index in [4.69, 9.17) is 0 Å². The van der Waals surface area contributed by atoms with Crippen LogP contribution in [0.2, 0.25) is 12.1 Å². The zero-order valence-corrected chi connectivity index (χ0v) is 7.97. The molecule has 0 aromatic heterocycles. The van der Waals surface area contributed by atoms with Gasteiger partial charge in [0.25, 0.3) is 0 Å². The molecule has 0 atom stereocenters. The third-order valence-corrected chi connectivity index (χ3v) is 2.94. The molecule has 1 radical (unpaired) electrons. The maximum Gasteiger partial charge on any atom is 0.0277 e. The smallest absolute Gasteiger partial charge is 0.0277 e. The standard InChI is InChI=1S/C8H19Si/c1-3-5-6-7-8-9-4-2/h9H,3-8H2,1-2H3. The van der Waals surface area contributed by atoms with Gasteiger partial charge in [0.05, 0.1) is 0 Å². The lowest BCUT2D eigenvalue weighted by Gasteiger charge is -1.95. The molecule has 9 heavy (non-hydrogen) atoms. The van der Waals surface area contributed by atoms with Gasteiger partial charge in [-0.25, -0.2) is 0 Å². The molecule has 0 spiro atoms. The van der Waals surface area contributed by atoms with E-state index in [0.29, 0.717) is 0 Å². The minimum absolute atomic E-state index is 0.810. The summed E-state index contributed by atoms with van der Waals surface area (Å²) in [6, 6.07) is 2.99. The van der Waals surface area contributed by atoms with Gasteiger partial charge >= 0.3 is 0 Å². The van der Waals surface area contributed by atoms with Crippen molar-refractivity contribution in [2.45, 2.75) is 51.6 Å². The molecule has 0 aliphatic rings. The van der Waals surface area contributed by atoms with Gasteiger partial charge in [-0.05, 0) is 0 Å². The van der Waals surface area contributed by atoms with Crippen molar-refractivity contribution in [3.05, 3.63) is 0 Å². The molecule has 0 unspecified atom stereocenters. The Labute approximate surface area is 61.9 Å². The summed E-state index contributed by atoms with van der Waals surface area (Å²) in [5, 5.41) is 0. The quantitative estimate of drug-likeness (QED) is 0.396. The first-order valence-corrected chi connectivity index (χ1v) is 5.86. The highest BCUT2D eigenvalue weighted by molar-refractivity contribution is 6.35. The molecule has 55 valence electrons. The summed E-state index contributed by atoms with van der Waals surface area (Å²) in [4.78, 5) is 0. The largest absolute Gasteiger partial charge is 0.0682 e. The van der Waals surface area contributed by atoms with E-state index in [9.17, 15) is 0 Å². The average Bonchev–Trinajstić information content (AvgIpc) is 1.89. The van der Waals surface area contributed by atoms with Gasteiger partial charge in [-0.1, -0.05) is 51.6 Å². The SMILES string of the molecule is CCCCCC[SiH]CC. The molecule has 0 saturated heterocycles. The summed E-state index contributed by atoms with van der Waals surface area (Å²) in [7, 11) is 0.810. The normalized spacial score (nSPS) is 10.0. The van der Waals surface area contributed by atoms with Crippen molar-refractivity contribution in [1.82, 2.24) is 0 Å². The van der Waals surface area contributed by atoms with E-state index >= 15 is 0 Å². The summed E-state index contributed by atoms with van der Waals surface area (Å²) in [6.45, 7) is 4.57. The van der Waals surface area contributed by atoms with Crippen LogP contribution in [0.5, 0.6) is 0 Å². The van der Waals surface area contributed by atoms with Crippen molar-refractivity contribution >= 4 is 9.52 Å². The molecule has 0 aliphatic heterocycles. The van der Waals surface area contributed by atoms with Crippen LogP contribution in [0, 0.1) is 0 Å². The van der Waals surface area contributed by atoms with Crippen LogP contribution in [-0.2, 0) is 0 Å². The molecule has 0 amide bonds. The maximum atomic E-state index is 2.30. The molecule has 0 fully saturated rings. The Morgan fingerprint density at radius 3 is 2.33 bits per heavy atom. The summed E-state index contributed by atoms with van der Waals surface area (Å²) >= 11 is 0. The monoisotopic (exact) mass is 143 g/mol. The third-order valence-electron chi connectivity index (χ3n) is 1.55. The van der Waals surface area contributed by atoms with Crippen LogP contribution < -0.4 is 0 Å². The fourth-order valence-corrected chi connectivity index (χ4v) is 1.91. The van der Waals surface area contributed by atoms with Gasteiger partial charge in [0, 0.05) is 9.52 Å². The van der Waals surface area contributed by atoms with Crippen LogP contribution in [0.4, 0.5) is 0 Å². The number of hydrogen-bond acceptors (Lipinski definition) is 0. The van der Waals surface area contributed by atoms with E-state index in [2.05, 4.69) is 13.8 Å². The Morgan fingerprint density at radius 2 is 1.78 bits per heavy atom. The molecule has 0 heterocycles. The summed E-state index contributed by atoms with van der Waals surface area (Å²) in [5.74, 6) is 0. The first-order valence-electron chi connectivity index (χ1n) is 4.23. The highest BCUT2D eigenvalue weighted by atomic mass is 28.2. The molecule has 0 nitrogen and oxygen atoms in total. The van der Waals surface area contributed by atoms with Gasteiger partial charge in [-0.2, -0.15) is 0 Å². The lowest BCUT2D eigenvalue weighted by molar-refractivity contribution is 0.700. The second-order valence-electron chi connectivity index (χ2n) is 2.55. The van der Waals surface area contributed by atoms with Crippen molar-refractivity contribution in [2.24, 2.45) is 0 Å². The number of rotatable bonds is 6. The third kappa shape index (κ3) is 8.22. The van der Waals surface area contributed by atoms with Gasteiger partial charge in [0.1, 0.15) is 0 Å². The Kier molecular flexibility index (Phi) is 8.41. The van der Waals surface area contributed by atoms with Gasteiger partial charge in [-0.15, -0.1) is 0 Å². The number of hydrogen-bond donors (Lipinski definition) is 0. The van der Waals surface area contributed by atoms with E-state index in [1.807, 2.05) is 0 Å². The molecule has 0 aromatic rings. The molecule has 0 aromatic carbocycles.